The summed E-state index contributed by atoms with van der Waals surface area (Å²) in [5.41, 5.74) is 5.00. The van der Waals surface area contributed by atoms with Crippen LogP contribution in [0.5, 0.6) is 0 Å². The minimum absolute atomic E-state index is 0.112. The van der Waals surface area contributed by atoms with E-state index in [2.05, 4.69) is 15.3 Å². The number of nitrogens with zero attached hydrogens (tertiary/aromatic N) is 2. The summed E-state index contributed by atoms with van der Waals surface area (Å²) >= 11 is 5.96. The van der Waals surface area contributed by atoms with E-state index in [1.807, 2.05) is 44.2 Å². The summed E-state index contributed by atoms with van der Waals surface area (Å²) < 4.78 is 0. The smallest absolute Gasteiger partial charge is 0.251 e. The third-order valence-corrected chi connectivity index (χ3v) is 4.16. The van der Waals surface area contributed by atoms with Gasteiger partial charge in [0.25, 0.3) is 5.91 Å². The number of hydrogen-bond donors (Lipinski definition) is 1. The highest BCUT2D eigenvalue weighted by molar-refractivity contribution is 6.30. The van der Waals surface area contributed by atoms with Crippen LogP contribution in [-0.2, 0) is 6.42 Å². The summed E-state index contributed by atoms with van der Waals surface area (Å²) in [6.45, 7) is 4.40. The van der Waals surface area contributed by atoms with Gasteiger partial charge in [-0.15, -0.1) is 0 Å². The van der Waals surface area contributed by atoms with Gasteiger partial charge in [0.05, 0.1) is 22.4 Å². The lowest BCUT2D eigenvalue weighted by molar-refractivity contribution is 0.0954. The van der Waals surface area contributed by atoms with Crippen molar-refractivity contribution in [3.05, 3.63) is 70.0 Å². The molecule has 3 rings (SSSR count). The number of nitrogens with one attached hydrogen (secondary N) is 1. The average Bonchev–Trinajstić information content (AvgIpc) is 2.55. The Morgan fingerprint density at radius 3 is 2.54 bits per heavy atom. The number of benzene rings is 2. The summed E-state index contributed by atoms with van der Waals surface area (Å²) in [4.78, 5) is 21.3. The van der Waals surface area contributed by atoms with E-state index in [9.17, 15) is 4.79 Å². The van der Waals surface area contributed by atoms with E-state index in [0.29, 0.717) is 17.1 Å². The molecule has 24 heavy (non-hydrogen) atoms. The first kappa shape index (κ1) is 16.4. The molecule has 0 aliphatic carbocycles. The molecule has 122 valence electrons. The van der Waals surface area contributed by atoms with Gasteiger partial charge in [-0.3, -0.25) is 4.79 Å². The minimum Gasteiger partial charge on any atom is -0.352 e. The molecule has 0 atom stereocenters. The molecule has 5 heteroatoms. The minimum atomic E-state index is -0.112. The maximum atomic E-state index is 12.3. The summed E-state index contributed by atoms with van der Waals surface area (Å²) in [6, 6.07) is 13.0. The number of halogens is 1. The number of aromatic nitrogens is 2. The van der Waals surface area contributed by atoms with Gasteiger partial charge in [-0.05, 0) is 56.2 Å². The highest BCUT2D eigenvalue weighted by Gasteiger charge is 2.08. The number of aryl methyl sites for hydroxylation is 2. The molecule has 1 aromatic heterocycles. The molecule has 0 fully saturated rings. The van der Waals surface area contributed by atoms with Crippen molar-refractivity contribution in [2.75, 3.05) is 6.54 Å². The molecule has 0 aliphatic heterocycles. The van der Waals surface area contributed by atoms with E-state index >= 15 is 0 Å². The first-order valence-corrected chi connectivity index (χ1v) is 8.18. The summed E-state index contributed by atoms with van der Waals surface area (Å²) in [7, 11) is 0. The molecule has 2 aromatic carbocycles. The van der Waals surface area contributed by atoms with Crippen molar-refractivity contribution in [1.82, 2.24) is 15.3 Å². The SMILES string of the molecule is Cc1nc2ccc(C(=O)NCCc3cccc(Cl)c3)cc2nc1C. The molecule has 0 bridgehead atoms. The first-order valence-electron chi connectivity index (χ1n) is 7.80. The Bertz CT molecular complexity index is 908. The van der Waals surface area contributed by atoms with Crippen LogP contribution in [0.3, 0.4) is 0 Å². The Balaban J connectivity index is 1.68. The van der Waals surface area contributed by atoms with Crippen LogP contribution in [-0.4, -0.2) is 22.4 Å². The highest BCUT2D eigenvalue weighted by Crippen LogP contribution is 2.15. The van der Waals surface area contributed by atoms with Crippen LogP contribution in [0.25, 0.3) is 11.0 Å². The van der Waals surface area contributed by atoms with E-state index in [-0.39, 0.29) is 5.91 Å². The summed E-state index contributed by atoms with van der Waals surface area (Å²) in [5, 5.41) is 3.63. The van der Waals surface area contributed by atoms with E-state index in [1.54, 1.807) is 12.1 Å². The lowest BCUT2D eigenvalue weighted by Gasteiger charge is -2.07. The second-order valence-electron chi connectivity index (χ2n) is 5.73. The van der Waals surface area contributed by atoms with Gasteiger partial charge >= 0.3 is 0 Å². The molecular formula is C19H18ClN3O. The van der Waals surface area contributed by atoms with Gasteiger partial charge in [0, 0.05) is 17.1 Å². The van der Waals surface area contributed by atoms with Crippen molar-refractivity contribution in [1.29, 1.82) is 0 Å². The fraction of sp³-hybridized carbons (Fsp3) is 0.211. The number of carbonyl (C=O) groups excluding carboxylic acids is 1. The van der Waals surface area contributed by atoms with Crippen LogP contribution < -0.4 is 5.32 Å². The average molecular weight is 340 g/mol. The predicted octanol–water partition coefficient (Wildman–Crippen LogP) is 3.87. The summed E-state index contributed by atoms with van der Waals surface area (Å²) in [5.74, 6) is -0.112. The van der Waals surface area contributed by atoms with Crippen molar-refractivity contribution in [3.8, 4) is 0 Å². The number of carbonyl (C=O) groups is 1. The topological polar surface area (TPSA) is 54.9 Å². The van der Waals surface area contributed by atoms with Crippen molar-refractivity contribution in [2.24, 2.45) is 0 Å². The summed E-state index contributed by atoms with van der Waals surface area (Å²) in [6.07, 6.45) is 0.734. The van der Waals surface area contributed by atoms with Gasteiger partial charge in [0.15, 0.2) is 0 Å². The maximum Gasteiger partial charge on any atom is 0.251 e. The second kappa shape index (κ2) is 6.97. The van der Waals surface area contributed by atoms with Gasteiger partial charge in [-0.1, -0.05) is 23.7 Å². The molecule has 1 heterocycles. The number of amides is 1. The molecule has 0 unspecified atom stereocenters. The van der Waals surface area contributed by atoms with Crippen molar-refractivity contribution < 1.29 is 4.79 Å². The standard InChI is InChI=1S/C19H18ClN3O/c1-12-13(2)23-18-11-15(6-7-17(18)22-12)19(24)21-9-8-14-4-3-5-16(20)10-14/h3-7,10-11H,8-9H2,1-2H3,(H,21,24). The highest BCUT2D eigenvalue weighted by atomic mass is 35.5. The number of rotatable bonds is 4. The molecule has 0 saturated carbocycles. The fourth-order valence-electron chi connectivity index (χ4n) is 2.49. The van der Waals surface area contributed by atoms with Gasteiger partial charge in [-0.2, -0.15) is 0 Å². The van der Waals surface area contributed by atoms with Crippen LogP contribution in [0.15, 0.2) is 42.5 Å². The van der Waals surface area contributed by atoms with Crippen molar-refractivity contribution >= 4 is 28.5 Å². The third-order valence-electron chi connectivity index (χ3n) is 3.93. The predicted molar refractivity (Wildman–Crippen MR) is 96.5 cm³/mol. The Labute approximate surface area is 145 Å². The molecule has 0 radical (unpaired) electrons. The Morgan fingerprint density at radius 2 is 1.79 bits per heavy atom. The van der Waals surface area contributed by atoms with Crippen LogP contribution in [0.4, 0.5) is 0 Å². The second-order valence-corrected chi connectivity index (χ2v) is 6.17. The lowest BCUT2D eigenvalue weighted by atomic mass is 10.1. The van der Waals surface area contributed by atoms with Crippen molar-refractivity contribution in [2.45, 2.75) is 20.3 Å². The maximum absolute atomic E-state index is 12.3. The molecule has 1 N–H and O–H groups in total. The van der Waals surface area contributed by atoms with Crippen LogP contribution in [0.1, 0.15) is 27.3 Å². The van der Waals surface area contributed by atoms with Crippen LogP contribution in [0.2, 0.25) is 5.02 Å². The Morgan fingerprint density at radius 1 is 1.04 bits per heavy atom. The van der Waals surface area contributed by atoms with Crippen LogP contribution in [0, 0.1) is 13.8 Å². The van der Waals surface area contributed by atoms with E-state index in [0.717, 1.165) is 34.4 Å². The molecule has 0 saturated heterocycles. The molecule has 3 aromatic rings. The first-order chi connectivity index (χ1) is 11.5. The Hall–Kier alpha value is -2.46. The zero-order valence-electron chi connectivity index (χ0n) is 13.6. The zero-order valence-corrected chi connectivity index (χ0v) is 14.4. The number of hydrogen-bond acceptors (Lipinski definition) is 3. The monoisotopic (exact) mass is 339 g/mol. The van der Waals surface area contributed by atoms with Gasteiger partial charge in [-0.25, -0.2) is 9.97 Å². The molecule has 4 nitrogen and oxygen atoms in total. The van der Waals surface area contributed by atoms with E-state index in [1.165, 1.54) is 0 Å². The lowest BCUT2D eigenvalue weighted by Crippen LogP contribution is -2.25. The molecule has 1 amide bonds. The van der Waals surface area contributed by atoms with Crippen molar-refractivity contribution in [3.63, 3.8) is 0 Å². The molecule has 0 aliphatic rings. The molecule has 0 spiro atoms. The zero-order chi connectivity index (χ0) is 17.1. The fourth-order valence-corrected chi connectivity index (χ4v) is 2.70. The van der Waals surface area contributed by atoms with E-state index in [4.69, 9.17) is 11.6 Å². The van der Waals surface area contributed by atoms with Gasteiger partial charge in [0.1, 0.15) is 0 Å². The Kier molecular flexibility index (Phi) is 4.76. The van der Waals surface area contributed by atoms with Gasteiger partial charge in [0.2, 0.25) is 0 Å². The van der Waals surface area contributed by atoms with E-state index < -0.39 is 0 Å². The quantitative estimate of drug-likeness (QED) is 0.785. The van der Waals surface area contributed by atoms with Gasteiger partial charge < -0.3 is 5.32 Å². The number of fused-ring (bicyclic) bond motifs is 1. The van der Waals surface area contributed by atoms with Crippen LogP contribution >= 0.6 is 11.6 Å². The normalized spacial score (nSPS) is 10.8. The molecular weight excluding hydrogens is 322 g/mol. The third kappa shape index (κ3) is 3.71. The largest absolute Gasteiger partial charge is 0.352 e.